The smallest absolute Gasteiger partial charge is 0.387 e. The lowest BCUT2D eigenvalue weighted by molar-refractivity contribution is -0.0503. The van der Waals surface area contributed by atoms with E-state index in [4.69, 9.17) is 26.7 Å². The highest BCUT2D eigenvalue weighted by atomic mass is 32.1. The van der Waals surface area contributed by atoms with Gasteiger partial charge in [0, 0.05) is 0 Å². The van der Waals surface area contributed by atoms with E-state index in [1.807, 2.05) is 0 Å². The number of imidazole rings is 1. The number of aliphatic hydroxyl groups excluding tert-OH is 2. The normalized spacial score (nSPS) is 28.5. The third-order valence-corrected chi connectivity index (χ3v) is 6.05. The van der Waals surface area contributed by atoms with Crippen molar-refractivity contribution >= 4 is 39.0 Å². The Morgan fingerprint density at radius 3 is 2.63 bits per heavy atom. The zero-order valence-electron chi connectivity index (χ0n) is 13.1. The molecule has 17 heteroatoms. The number of phosphoric acid groups is 2. The van der Waals surface area contributed by atoms with Crippen LogP contribution in [0.25, 0.3) is 11.2 Å². The summed E-state index contributed by atoms with van der Waals surface area (Å²) in [7, 11) is -10.4. The lowest BCUT2D eigenvalue weighted by Crippen LogP contribution is -2.33. The summed E-state index contributed by atoms with van der Waals surface area (Å²) < 4.78 is 37.1. The van der Waals surface area contributed by atoms with E-state index in [0.29, 0.717) is 11.2 Å². The standard InChI is InChI=1S/C10H14N4O10P2S/c15-6-4(1-22-26(20,21)24-25(17,18)19)23-10(7(6)16)14-3-13-5-8(14)11-2-12-9(5)27/h2-4,6-7,10,15-16H,1H2,(H,20,21)(H,11,12,27)(H2,17,18,19)/t4-,6+,7-,10+/m0/s1. The first-order chi connectivity index (χ1) is 12.5. The van der Waals surface area contributed by atoms with Crippen LogP contribution in [0.15, 0.2) is 12.7 Å². The van der Waals surface area contributed by atoms with Gasteiger partial charge in [-0.2, -0.15) is 4.31 Å². The molecule has 0 amide bonds. The van der Waals surface area contributed by atoms with Crippen LogP contribution in [-0.4, -0.2) is 69.3 Å². The molecule has 0 aromatic carbocycles. The maximum absolute atomic E-state index is 11.5. The number of hydrogen-bond donors (Lipinski definition) is 6. The van der Waals surface area contributed by atoms with E-state index in [-0.39, 0.29) is 4.64 Å². The molecule has 6 N–H and O–H groups in total. The number of hydrogen-bond acceptors (Lipinski definition) is 10. The number of nitrogens with one attached hydrogen (secondary N) is 1. The number of aromatic amines is 1. The van der Waals surface area contributed by atoms with Crippen molar-refractivity contribution < 1.29 is 47.6 Å². The number of fused-ring (bicyclic) bond motifs is 1. The third-order valence-electron chi connectivity index (χ3n) is 3.60. The first-order valence-corrected chi connectivity index (χ1v) is 10.6. The minimum Gasteiger partial charge on any atom is -0.387 e. The fourth-order valence-electron chi connectivity index (χ4n) is 2.49. The molecule has 14 nitrogen and oxygen atoms in total. The monoisotopic (exact) mass is 444 g/mol. The van der Waals surface area contributed by atoms with E-state index in [0.717, 1.165) is 0 Å². The number of ether oxygens (including phenoxy) is 1. The molecular weight excluding hydrogens is 430 g/mol. The Morgan fingerprint density at radius 2 is 1.96 bits per heavy atom. The zero-order valence-corrected chi connectivity index (χ0v) is 15.7. The molecule has 3 heterocycles. The summed E-state index contributed by atoms with van der Waals surface area (Å²) >= 11 is 5.03. The molecule has 1 fully saturated rings. The first kappa shape index (κ1) is 20.6. The molecule has 1 aliphatic heterocycles. The molecule has 0 saturated carbocycles. The van der Waals surface area contributed by atoms with Crippen molar-refractivity contribution in [3.8, 4) is 0 Å². The lowest BCUT2D eigenvalue weighted by atomic mass is 10.1. The highest BCUT2D eigenvalue weighted by Gasteiger charge is 2.45. The molecule has 2 aromatic heterocycles. The Bertz CT molecular complexity index is 990. The first-order valence-electron chi connectivity index (χ1n) is 7.14. The minimum absolute atomic E-state index is 0.200. The quantitative estimate of drug-likeness (QED) is 0.242. The highest BCUT2D eigenvalue weighted by Crippen LogP contribution is 2.57. The van der Waals surface area contributed by atoms with Crippen LogP contribution in [-0.2, 0) is 22.7 Å². The Balaban J connectivity index is 1.76. The summed E-state index contributed by atoms with van der Waals surface area (Å²) in [4.78, 5) is 37.1. The Morgan fingerprint density at radius 1 is 1.26 bits per heavy atom. The number of H-pyrrole nitrogens is 1. The largest absolute Gasteiger partial charge is 0.481 e. The summed E-state index contributed by atoms with van der Waals surface area (Å²) in [5, 5.41) is 20.3. The van der Waals surface area contributed by atoms with Crippen LogP contribution < -0.4 is 0 Å². The maximum Gasteiger partial charge on any atom is 0.481 e. The fraction of sp³-hybridized carbons (Fsp3) is 0.500. The van der Waals surface area contributed by atoms with Crippen molar-refractivity contribution in [3.63, 3.8) is 0 Å². The molecular formula is C10H14N4O10P2S. The molecule has 0 spiro atoms. The van der Waals surface area contributed by atoms with Gasteiger partial charge in [-0.05, 0) is 0 Å². The molecule has 1 aliphatic rings. The minimum atomic E-state index is -5.28. The number of nitrogens with zero attached hydrogens (tertiary/aromatic N) is 3. The van der Waals surface area contributed by atoms with E-state index in [2.05, 4.69) is 23.8 Å². The van der Waals surface area contributed by atoms with Gasteiger partial charge >= 0.3 is 15.6 Å². The zero-order chi connectivity index (χ0) is 20.0. The van der Waals surface area contributed by atoms with Crippen molar-refractivity contribution in [2.75, 3.05) is 6.61 Å². The molecule has 1 unspecified atom stereocenters. The van der Waals surface area contributed by atoms with Crippen LogP contribution in [0.4, 0.5) is 0 Å². The van der Waals surface area contributed by atoms with Gasteiger partial charge in [-0.3, -0.25) is 9.09 Å². The molecule has 150 valence electrons. The van der Waals surface area contributed by atoms with Gasteiger partial charge in [0.25, 0.3) is 0 Å². The number of phosphoric ester groups is 1. The van der Waals surface area contributed by atoms with Gasteiger partial charge in [0.2, 0.25) is 0 Å². The molecule has 27 heavy (non-hydrogen) atoms. The summed E-state index contributed by atoms with van der Waals surface area (Å²) in [6.07, 6.45) is -2.90. The summed E-state index contributed by atoms with van der Waals surface area (Å²) in [6, 6.07) is 0. The van der Waals surface area contributed by atoms with Crippen molar-refractivity contribution in [1.82, 2.24) is 19.5 Å². The van der Waals surface area contributed by atoms with Crippen LogP contribution in [0, 0.1) is 4.64 Å². The average molecular weight is 444 g/mol. The van der Waals surface area contributed by atoms with Gasteiger partial charge < -0.3 is 34.6 Å². The second-order valence-electron chi connectivity index (χ2n) is 5.44. The van der Waals surface area contributed by atoms with E-state index >= 15 is 0 Å². The number of aromatic nitrogens is 4. The van der Waals surface area contributed by atoms with Crippen molar-refractivity contribution in [2.24, 2.45) is 0 Å². The van der Waals surface area contributed by atoms with Gasteiger partial charge in [0.05, 0.1) is 19.3 Å². The molecule has 2 aromatic rings. The molecule has 5 atom stereocenters. The van der Waals surface area contributed by atoms with Gasteiger partial charge in [-0.1, -0.05) is 12.2 Å². The van der Waals surface area contributed by atoms with Gasteiger partial charge in [0.15, 0.2) is 10.9 Å². The molecule has 3 rings (SSSR count). The van der Waals surface area contributed by atoms with Crippen molar-refractivity contribution in [2.45, 2.75) is 24.5 Å². The van der Waals surface area contributed by atoms with Crippen molar-refractivity contribution in [3.05, 3.63) is 17.3 Å². The van der Waals surface area contributed by atoms with E-state index < -0.39 is 46.8 Å². The van der Waals surface area contributed by atoms with Crippen LogP contribution in [0.1, 0.15) is 6.23 Å². The second-order valence-corrected chi connectivity index (χ2v) is 8.66. The predicted molar refractivity (Wildman–Crippen MR) is 87.5 cm³/mol. The highest BCUT2D eigenvalue weighted by molar-refractivity contribution is 7.71. The van der Waals surface area contributed by atoms with Crippen LogP contribution in [0.2, 0.25) is 0 Å². The maximum atomic E-state index is 11.5. The van der Waals surface area contributed by atoms with Gasteiger partial charge in [-0.15, -0.1) is 0 Å². The molecule has 0 aliphatic carbocycles. The van der Waals surface area contributed by atoms with Gasteiger partial charge in [-0.25, -0.2) is 19.1 Å². The van der Waals surface area contributed by atoms with Crippen molar-refractivity contribution in [1.29, 1.82) is 0 Å². The summed E-state index contributed by atoms with van der Waals surface area (Å²) in [5.41, 5.74) is 0.679. The van der Waals surface area contributed by atoms with E-state index in [9.17, 15) is 24.2 Å². The van der Waals surface area contributed by atoms with Crippen LogP contribution in [0.3, 0.4) is 0 Å². The number of aliphatic hydroxyl groups is 2. The summed E-state index contributed by atoms with van der Waals surface area (Å²) in [6.45, 7) is -0.799. The SMILES string of the molecule is O=P(O)(O)OP(=O)(O)OC[C@@H]1O[C@@H](n2cnc3c(=S)nc[nH]c32)[C@@H](O)[C@@H]1O. The van der Waals surface area contributed by atoms with Gasteiger partial charge in [0.1, 0.15) is 29.5 Å². The Labute approximate surface area is 155 Å². The predicted octanol–water partition coefficient (Wildman–Crippen LogP) is -0.666. The van der Waals surface area contributed by atoms with E-state index in [1.54, 1.807) is 0 Å². The molecule has 0 radical (unpaired) electrons. The third kappa shape index (κ3) is 4.50. The molecule has 1 saturated heterocycles. The van der Waals surface area contributed by atoms with Crippen LogP contribution in [0.5, 0.6) is 0 Å². The van der Waals surface area contributed by atoms with E-state index in [1.165, 1.54) is 17.2 Å². The topological polar surface area (TPSA) is 209 Å². The summed E-state index contributed by atoms with van der Waals surface area (Å²) in [5.74, 6) is 0. The molecule has 0 bridgehead atoms. The lowest BCUT2D eigenvalue weighted by Gasteiger charge is -2.17. The van der Waals surface area contributed by atoms with Crippen LogP contribution >= 0.6 is 27.9 Å². The second kappa shape index (κ2) is 7.39. The Hall–Kier alpha value is -1.09. The fourth-order valence-corrected chi connectivity index (χ4v) is 4.29. The average Bonchev–Trinajstić information content (AvgIpc) is 3.07. The number of rotatable bonds is 6. The Kier molecular flexibility index (Phi) is 5.65.